The lowest BCUT2D eigenvalue weighted by Crippen LogP contribution is -2.60. The van der Waals surface area contributed by atoms with Gasteiger partial charge in [-0.2, -0.15) is 0 Å². The van der Waals surface area contributed by atoms with Crippen LogP contribution in [0.3, 0.4) is 0 Å². The van der Waals surface area contributed by atoms with Crippen molar-refractivity contribution in [1.82, 2.24) is 0 Å². The molecule has 2 aliphatic rings. The third kappa shape index (κ3) is 5.37. The molecule has 0 unspecified atom stereocenters. The predicted molar refractivity (Wildman–Crippen MR) is 116 cm³/mol. The average Bonchev–Trinajstić information content (AvgIpc) is 3.30. The fraction of sp³-hybridized carbons (Fsp3) is 0.333. The van der Waals surface area contributed by atoms with E-state index in [9.17, 15) is 24.9 Å². The zero-order valence-electron chi connectivity index (χ0n) is 18.2. The summed E-state index contributed by atoms with van der Waals surface area (Å²) in [5, 5.41) is 30.7. The van der Waals surface area contributed by atoms with Crippen molar-refractivity contribution in [2.45, 2.75) is 37.6 Å². The Kier molecular flexibility index (Phi) is 7.13. The molecule has 10 heteroatoms. The number of aliphatic hydroxyl groups is 3. The first-order valence-electron chi connectivity index (χ1n) is 10.5. The second-order valence-corrected chi connectivity index (χ2v) is 7.79. The molecule has 2 aromatic carbocycles. The van der Waals surface area contributed by atoms with E-state index in [0.717, 1.165) is 0 Å². The highest BCUT2D eigenvalue weighted by Crippen LogP contribution is 2.32. The van der Waals surface area contributed by atoms with Crippen LogP contribution in [0.15, 0.2) is 48.5 Å². The van der Waals surface area contributed by atoms with Crippen LogP contribution in [0.2, 0.25) is 0 Å². The summed E-state index contributed by atoms with van der Waals surface area (Å²) >= 11 is 0. The van der Waals surface area contributed by atoms with Crippen LogP contribution in [0.1, 0.15) is 22.8 Å². The van der Waals surface area contributed by atoms with Gasteiger partial charge in [0.2, 0.25) is 13.1 Å². The van der Waals surface area contributed by atoms with Crippen LogP contribution in [0.4, 0.5) is 0 Å². The second-order valence-electron chi connectivity index (χ2n) is 7.79. The number of hydrogen-bond donors (Lipinski definition) is 3. The van der Waals surface area contributed by atoms with E-state index in [-0.39, 0.29) is 18.3 Å². The minimum atomic E-state index is -1.59. The van der Waals surface area contributed by atoms with Crippen LogP contribution in [-0.2, 0) is 14.3 Å². The van der Waals surface area contributed by atoms with Crippen LogP contribution in [-0.4, -0.2) is 71.2 Å². The molecule has 0 bridgehead atoms. The molecule has 180 valence electrons. The Morgan fingerprint density at radius 2 is 1.74 bits per heavy atom. The molecule has 1 saturated heterocycles. The average molecular weight is 472 g/mol. The summed E-state index contributed by atoms with van der Waals surface area (Å²) in [7, 11) is 0. The number of benzene rings is 2. The summed E-state index contributed by atoms with van der Waals surface area (Å²) < 4.78 is 26.8. The number of esters is 1. The molecule has 0 spiro atoms. The number of carbonyl (C=O) groups is 2. The third-order valence-corrected chi connectivity index (χ3v) is 5.38. The Bertz CT molecular complexity index is 1060. The van der Waals surface area contributed by atoms with Gasteiger partial charge in [-0.25, -0.2) is 4.79 Å². The molecule has 0 aliphatic carbocycles. The van der Waals surface area contributed by atoms with Crippen LogP contribution in [0, 0.1) is 0 Å². The number of Topliss-reactive ketones (excluding diaryl/α,β-unsaturated/α-hetero) is 1. The Balaban J connectivity index is 1.34. The van der Waals surface area contributed by atoms with E-state index in [1.54, 1.807) is 30.3 Å². The SMILES string of the molecule is CC(=O)c1ccc(O[C@@H]2O[C@H](COC(=O)/C=C/c3ccc4c(c3)OCO4)[C@@H](O)[C@H](O)[C@H]2O)cc1. The Morgan fingerprint density at radius 3 is 2.47 bits per heavy atom. The number of ketones is 1. The normalized spacial score (nSPS) is 25.8. The monoisotopic (exact) mass is 472 g/mol. The molecular formula is C24H24O10. The highest BCUT2D eigenvalue weighted by atomic mass is 16.7. The third-order valence-electron chi connectivity index (χ3n) is 5.38. The van der Waals surface area contributed by atoms with Crippen molar-refractivity contribution in [3.8, 4) is 17.2 Å². The van der Waals surface area contributed by atoms with Gasteiger partial charge in [0.25, 0.3) is 0 Å². The van der Waals surface area contributed by atoms with Crippen molar-refractivity contribution in [2.75, 3.05) is 13.4 Å². The summed E-state index contributed by atoms with van der Waals surface area (Å²) in [5.41, 5.74) is 1.17. The molecule has 0 saturated carbocycles. The summed E-state index contributed by atoms with van der Waals surface area (Å²) in [6.45, 7) is 1.18. The summed E-state index contributed by atoms with van der Waals surface area (Å²) in [6, 6.07) is 11.3. The van der Waals surface area contributed by atoms with Crippen LogP contribution >= 0.6 is 0 Å². The van der Waals surface area contributed by atoms with Gasteiger partial charge in [0.05, 0.1) is 0 Å². The van der Waals surface area contributed by atoms with E-state index in [0.29, 0.717) is 22.6 Å². The molecule has 2 heterocycles. The minimum Gasteiger partial charge on any atom is -0.462 e. The molecule has 2 aromatic rings. The van der Waals surface area contributed by atoms with Gasteiger partial charge >= 0.3 is 5.97 Å². The number of rotatable bonds is 7. The summed E-state index contributed by atoms with van der Waals surface area (Å²) in [6.07, 6.45) is -4.43. The van der Waals surface area contributed by atoms with E-state index in [1.165, 1.54) is 31.2 Å². The van der Waals surface area contributed by atoms with Crippen molar-refractivity contribution in [1.29, 1.82) is 0 Å². The molecule has 0 aromatic heterocycles. The largest absolute Gasteiger partial charge is 0.462 e. The zero-order valence-corrected chi connectivity index (χ0v) is 18.2. The predicted octanol–water partition coefficient (Wildman–Crippen LogP) is 1.06. The highest BCUT2D eigenvalue weighted by molar-refractivity contribution is 5.94. The van der Waals surface area contributed by atoms with Gasteiger partial charge in [-0.3, -0.25) is 4.79 Å². The van der Waals surface area contributed by atoms with Crippen molar-refractivity contribution in [3.63, 3.8) is 0 Å². The lowest BCUT2D eigenvalue weighted by molar-refractivity contribution is -0.278. The number of hydrogen-bond acceptors (Lipinski definition) is 10. The van der Waals surface area contributed by atoms with Gasteiger partial charge in [0, 0.05) is 11.6 Å². The van der Waals surface area contributed by atoms with Gasteiger partial charge in [0.1, 0.15) is 36.8 Å². The Labute approximate surface area is 194 Å². The van der Waals surface area contributed by atoms with E-state index < -0.39 is 43.3 Å². The minimum absolute atomic E-state index is 0.117. The number of carbonyl (C=O) groups excluding carboxylic acids is 2. The van der Waals surface area contributed by atoms with Gasteiger partial charge < -0.3 is 39.0 Å². The van der Waals surface area contributed by atoms with Gasteiger partial charge in [0.15, 0.2) is 17.3 Å². The Hall–Kier alpha value is -3.44. The van der Waals surface area contributed by atoms with Gasteiger partial charge in [-0.05, 0) is 55.0 Å². The van der Waals surface area contributed by atoms with Gasteiger partial charge in [-0.15, -0.1) is 0 Å². The molecule has 10 nitrogen and oxygen atoms in total. The van der Waals surface area contributed by atoms with E-state index in [2.05, 4.69) is 0 Å². The van der Waals surface area contributed by atoms with Crippen LogP contribution in [0.25, 0.3) is 6.08 Å². The lowest BCUT2D eigenvalue weighted by Gasteiger charge is -2.39. The first-order chi connectivity index (χ1) is 16.3. The maximum Gasteiger partial charge on any atom is 0.330 e. The standard InChI is InChI=1S/C24H24O10/c1-13(25)15-4-6-16(7-5-15)33-24-23(29)22(28)21(27)19(34-24)11-30-20(26)9-3-14-2-8-17-18(10-14)32-12-31-17/h2-10,19,21-24,27-29H,11-12H2,1H3/b9-3+/t19-,21-,22+,23-,24-/m1/s1. The number of ether oxygens (including phenoxy) is 5. The molecule has 5 atom stereocenters. The van der Waals surface area contributed by atoms with Crippen molar-refractivity contribution in [3.05, 3.63) is 59.7 Å². The molecule has 0 radical (unpaired) electrons. The quantitative estimate of drug-likeness (QED) is 0.304. The van der Waals surface area contributed by atoms with Crippen molar-refractivity contribution >= 4 is 17.8 Å². The maximum atomic E-state index is 12.1. The molecule has 4 rings (SSSR count). The fourth-order valence-corrected chi connectivity index (χ4v) is 3.45. The number of fused-ring (bicyclic) bond motifs is 1. The van der Waals surface area contributed by atoms with E-state index in [1.807, 2.05) is 0 Å². The van der Waals surface area contributed by atoms with Crippen molar-refractivity contribution in [2.24, 2.45) is 0 Å². The molecule has 1 fully saturated rings. The molecule has 0 amide bonds. The second kappa shape index (κ2) is 10.2. The topological polar surface area (TPSA) is 141 Å². The van der Waals surface area contributed by atoms with Crippen molar-refractivity contribution < 1.29 is 48.6 Å². The van der Waals surface area contributed by atoms with E-state index >= 15 is 0 Å². The molecular weight excluding hydrogens is 448 g/mol. The first-order valence-corrected chi connectivity index (χ1v) is 10.5. The lowest BCUT2D eigenvalue weighted by atomic mass is 9.99. The van der Waals surface area contributed by atoms with Crippen LogP contribution in [0.5, 0.6) is 17.2 Å². The number of aliphatic hydroxyl groups excluding tert-OH is 3. The molecule has 2 aliphatic heterocycles. The highest BCUT2D eigenvalue weighted by Gasteiger charge is 2.45. The van der Waals surface area contributed by atoms with Gasteiger partial charge in [-0.1, -0.05) is 6.07 Å². The fourth-order valence-electron chi connectivity index (χ4n) is 3.45. The summed E-state index contributed by atoms with van der Waals surface area (Å²) in [5.74, 6) is 0.652. The maximum absolute atomic E-state index is 12.1. The Morgan fingerprint density at radius 1 is 1.00 bits per heavy atom. The van der Waals surface area contributed by atoms with E-state index in [4.69, 9.17) is 23.7 Å². The smallest absolute Gasteiger partial charge is 0.330 e. The zero-order chi connectivity index (χ0) is 24.2. The summed E-state index contributed by atoms with van der Waals surface area (Å²) in [4.78, 5) is 23.5. The van der Waals surface area contributed by atoms with Crippen LogP contribution < -0.4 is 14.2 Å². The molecule has 3 N–H and O–H groups in total. The first kappa shape index (κ1) is 23.7. The molecule has 34 heavy (non-hydrogen) atoms.